The average Bonchev–Trinajstić information content (AvgIpc) is 2.97. The second-order valence-corrected chi connectivity index (χ2v) is 10.7. The Kier molecular flexibility index (Phi) is 9.52. The number of anilines is 2. The van der Waals surface area contributed by atoms with Crippen molar-refractivity contribution < 1.29 is 9.53 Å². The van der Waals surface area contributed by atoms with Crippen molar-refractivity contribution >= 4 is 35.1 Å². The van der Waals surface area contributed by atoms with E-state index in [4.69, 9.17) is 27.8 Å². The van der Waals surface area contributed by atoms with Gasteiger partial charge in [-0.25, -0.2) is 15.0 Å². The van der Waals surface area contributed by atoms with Gasteiger partial charge in [0.05, 0.1) is 12.6 Å². The number of guanidine groups is 1. The molecule has 1 aliphatic heterocycles. The van der Waals surface area contributed by atoms with Crippen molar-refractivity contribution in [2.45, 2.75) is 46.1 Å². The van der Waals surface area contributed by atoms with Gasteiger partial charge in [0.1, 0.15) is 29.4 Å². The maximum absolute atomic E-state index is 12.4. The van der Waals surface area contributed by atoms with Crippen LogP contribution in [0.15, 0.2) is 47.5 Å². The smallest absolute Gasteiger partial charge is 0.271 e. The number of halogens is 1. The zero-order valence-electron chi connectivity index (χ0n) is 24.8. The third-order valence-electron chi connectivity index (χ3n) is 7.25. The molecule has 2 unspecified atom stereocenters. The van der Waals surface area contributed by atoms with Crippen molar-refractivity contribution in [3.63, 3.8) is 0 Å². The number of carbonyl (C=O) groups excluding carboxylic acids is 1. The third kappa shape index (κ3) is 6.25. The minimum Gasteiger partial charge on any atom is -0.493 e. The fourth-order valence-electron chi connectivity index (χ4n) is 5.06. The van der Waals surface area contributed by atoms with Crippen LogP contribution in [0.25, 0.3) is 11.1 Å². The highest BCUT2D eigenvalue weighted by Crippen LogP contribution is 2.44. The molecule has 2 aromatic heterocycles. The van der Waals surface area contributed by atoms with E-state index in [1.54, 1.807) is 32.6 Å². The Morgan fingerprint density at radius 2 is 1.98 bits per heavy atom. The van der Waals surface area contributed by atoms with Gasteiger partial charge in [-0.2, -0.15) is 0 Å². The molecule has 1 aliphatic rings. The Morgan fingerprint density at radius 3 is 2.57 bits per heavy atom. The van der Waals surface area contributed by atoms with Crippen LogP contribution in [0, 0.1) is 6.92 Å². The number of hydrogen-bond donors (Lipinski definition) is 4. The Bertz CT molecular complexity index is 1520. The fraction of sp³-hybridized carbons (Fsp3) is 0.367. The summed E-state index contributed by atoms with van der Waals surface area (Å²) in [4.78, 5) is 31.5. The Balaban J connectivity index is 1.77. The summed E-state index contributed by atoms with van der Waals surface area (Å²) in [5.41, 5.74) is 17.7. The maximum atomic E-state index is 12.4. The fourth-order valence-corrected chi connectivity index (χ4v) is 5.27. The largest absolute Gasteiger partial charge is 0.493 e. The highest BCUT2D eigenvalue weighted by Gasteiger charge is 2.27. The molecule has 12 heteroatoms. The molecule has 0 spiro atoms. The lowest BCUT2D eigenvalue weighted by Crippen LogP contribution is -2.36. The molecule has 0 bridgehead atoms. The number of pyridine rings is 1. The predicted molar refractivity (Wildman–Crippen MR) is 168 cm³/mol. The first-order chi connectivity index (χ1) is 20.1. The van der Waals surface area contributed by atoms with Crippen LogP contribution in [-0.4, -0.2) is 59.0 Å². The van der Waals surface area contributed by atoms with Crippen molar-refractivity contribution in [3.05, 3.63) is 69.9 Å². The van der Waals surface area contributed by atoms with E-state index in [-0.39, 0.29) is 17.9 Å². The van der Waals surface area contributed by atoms with E-state index in [2.05, 4.69) is 37.5 Å². The highest BCUT2D eigenvalue weighted by molar-refractivity contribution is 6.32. The van der Waals surface area contributed by atoms with Gasteiger partial charge in [-0.15, -0.1) is 0 Å². The molecule has 11 nitrogen and oxygen atoms in total. The van der Waals surface area contributed by atoms with E-state index < -0.39 is 0 Å². The summed E-state index contributed by atoms with van der Waals surface area (Å²) in [5.74, 6) is 1.80. The normalized spacial score (nSPS) is 14.3. The molecule has 222 valence electrons. The molecule has 0 saturated heterocycles. The summed E-state index contributed by atoms with van der Waals surface area (Å²) >= 11 is 6.81. The maximum Gasteiger partial charge on any atom is 0.271 e. The summed E-state index contributed by atoms with van der Waals surface area (Å²) in [6, 6.07) is 5.20. The number of nitrogens with two attached hydrogens (primary N) is 2. The molecule has 6 N–H and O–H groups in total. The zero-order valence-corrected chi connectivity index (χ0v) is 25.6. The van der Waals surface area contributed by atoms with Crippen molar-refractivity contribution in [3.8, 4) is 16.9 Å². The van der Waals surface area contributed by atoms with E-state index in [9.17, 15) is 4.79 Å². The van der Waals surface area contributed by atoms with E-state index in [1.807, 2.05) is 32.9 Å². The van der Waals surface area contributed by atoms with E-state index >= 15 is 0 Å². The molecule has 0 aliphatic carbocycles. The molecule has 4 rings (SSSR count). The lowest BCUT2D eigenvalue weighted by atomic mass is 9.88. The number of aromatic nitrogens is 3. The van der Waals surface area contributed by atoms with Crippen LogP contribution >= 0.6 is 11.6 Å². The van der Waals surface area contributed by atoms with Gasteiger partial charge in [0.25, 0.3) is 5.91 Å². The van der Waals surface area contributed by atoms with Crippen molar-refractivity contribution in [2.75, 3.05) is 38.3 Å². The van der Waals surface area contributed by atoms with Crippen LogP contribution in [-0.2, 0) is 0 Å². The quantitative estimate of drug-likeness (QED) is 0.263. The van der Waals surface area contributed by atoms with Gasteiger partial charge in [-0.3, -0.25) is 9.78 Å². The molecule has 3 aromatic rings. The molecular formula is C30H38ClN9O2. The summed E-state index contributed by atoms with van der Waals surface area (Å²) in [5, 5.41) is 7.22. The second kappa shape index (κ2) is 13.1. The number of benzene rings is 1. The molecule has 1 aromatic carbocycles. The van der Waals surface area contributed by atoms with Crippen LogP contribution in [0.5, 0.6) is 5.75 Å². The molecular weight excluding hydrogens is 554 g/mol. The number of ether oxygens (including phenoxy) is 1. The van der Waals surface area contributed by atoms with Gasteiger partial charge < -0.3 is 31.7 Å². The molecule has 1 amide bonds. The van der Waals surface area contributed by atoms with Gasteiger partial charge in [-0.1, -0.05) is 24.6 Å². The number of nitrogen functional groups attached to an aromatic ring is 1. The molecule has 0 radical (unpaired) electrons. The highest BCUT2D eigenvalue weighted by atomic mass is 35.5. The lowest BCUT2D eigenvalue weighted by molar-refractivity contribution is 0.0822. The monoisotopic (exact) mass is 591 g/mol. The number of rotatable bonds is 10. The molecule has 2 atom stereocenters. The first-order valence-electron chi connectivity index (χ1n) is 13.8. The molecule has 3 heterocycles. The van der Waals surface area contributed by atoms with Crippen LogP contribution in [0.3, 0.4) is 0 Å². The zero-order chi connectivity index (χ0) is 30.6. The summed E-state index contributed by atoms with van der Waals surface area (Å²) in [7, 11) is 3.39. The van der Waals surface area contributed by atoms with Gasteiger partial charge in [-0.05, 0) is 50.5 Å². The van der Waals surface area contributed by atoms with Crippen LogP contribution in [0.2, 0.25) is 5.02 Å². The van der Waals surface area contributed by atoms with Crippen LogP contribution < -0.4 is 26.8 Å². The van der Waals surface area contributed by atoms with Gasteiger partial charge >= 0.3 is 0 Å². The number of amides is 1. The van der Waals surface area contributed by atoms with Crippen molar-refractivity contribution in [1.29, 1.82) is 0 Å². The number of aliphatic imine (C=N–C) groups is 1. The summed E-state index contributed by atoms with van der Waals surface area (Å²) < 4.78 is 6.26. The minimum absolute atomic E-state index is 0.0803. The summed E-state index contributed by atoms with van der Waals surface area (Å²) in [6.07, 6.45) is 5.66. The van der Waals surface area contributed by atoms with E-state index in [0.717, 1.165) is 39.8 Å². The Hall–Kier alpha value is -4.38. The first kappa shape index (κ1) is 30.6. The average molecular weight is 592 g/mol. The molecule has 0 fully saturated rings. The van der Waals surface area contributed by atoms with Crippen molar-refractivity contribution in [2.24, 2.45) is 10.7 Å². The van der Waals surface area contributed by atoms with Gasteiger partial charge in [0.15, 0.2) is 5.96 Å². The standard InChI is InChI=1S/C30H38ClN9O2/c1-7-20(19-13-35-30(33)36-14-19)25-27(32)37-15-38-28(25)39-17(4)21-11-22(31)16(3)24(26(21)42-8-2)18-9-10-23(34-12-18)29(41)40(5)6/h9-13,15,17,20H,7-8,14H2,1-6H3,(H3,33,35,36)(H3,32,37,38,39). The predicted octanol–water partition coefficient (Wildman–Crippen LogP) is 4.65. The number of carbonyl (C=O) groups is 1. The minimum atomic E-state index is -0.288. The first-order valence-corrected chi connectivity index (χ1v) is 14.2. The molecule has 0 saturated carbocycles. The van der Waals surface area contributed by atoms with Gasteiger partial charge in [0, 0.05) is 66.2 Å². The lowest BCUT2D eigenvalue weighted by Gasteiger charge is -2.27. The van der Waals surface area contributed by atoms with Gasteiger partial charge in [0.2, 0.25) is 0 Å². The Labute approximate surface area is 251 Å². The van der Waals surface area contributed by atoms with Crippen molar-refractivity contribution in [1.82, 2.24) is 25.2 Å². The topological polar surface area (TPSA) is 157 Å². The second-order valence-electron chi connectivity index (χ2n) is 10.3. The number of nitrogens with one attached hydrogen (secondary N) is 2. The van der Waals surface area contributed by atoms with E-state index in [1.165, 1.54) is 11.2 Å². The third-order valence-corrected chi connectivity index (χ3v) is 7.65. The number of nitrogens with zero attached hydrogens (tertiary/aromatic N) is 5. The number of hydrogen-bond acceptors (Lipinski definition) is 10. The summed E-state index contributed by atoms with van der Waals surface area (Å²) in [6.45, 7) is 8.96. The molecule has 42 heavy (non-hydrogen) atoms. The van der Waals surface area contributed by atoms with Crippen LogP contribution in [0.4, 0.5) is 11.6 Å². The Morgan fingerprint density at radius 1 is 1.21 bits per heavy atom. The van der Waals surface area contributed by atoms with E-state index in [0.29, 0.717) is 47.2 Å². The SMILES string of the molecule is CCOc1c(C(C)Nc2ncnc(N)c2C(CC)C2=CN=C(N)NC2)cc(Cl)c(C)c1-c1ccc(C(=O)N(C)C)nc1. The van der Waals surface area contributed by atoms with Crippen LogP contribution in [0.1, 0.15) is 66.3 Å².